The molecule has 1 heterocycles. The number of nitrogens with zero attached hydrogens (tertiary/aromatic N) is 1. The van der Waals surface area contributed by atoms with Gasteiger partial charge in [-0.2, -0.15) is 0 Å². The summed E-state index contributed by atoms with van der Waals surface area (Å²) in [6, 6.07) is 9.82. The van der Waals surface area contributed by atoms with Crippen LogP contribution in [0, 0.1) is 20.0 Å². The van der Waals surface area contributed by atoms with Crippen molar-refractivity contribution in [2.75, 3.05) is 0 Å². The van der Waals surface area contributed by atoms with Crippen LogP contribution in [0.25, 0.3) is 0 Å². The molecule has 0 atom stereocenters. The van der Waals surface area contributed by atoms with Crippen molar-refractivity contribution >= 4 is 0 Å². The molecule has 2 heteroatoms. The number of hydrogen-bond acceptors (Lipinski definition) is 1. The van der Waals surface area contributed by atoms with Crippen LogP contribution in [0.4, 0.5) is 0 Å². The Balaban J connectivity index is 2.33. The van der Waals surface area contributed by atoms with E-state index >= 15 is 0 Å². The Labute approximate surface area is 90.1 Å². The third-order valence-corrected chi connectivity index (χ3v) is 2.59. The Morgan fingerprint density at radius 1 is 1.20 bits per heavy atom. The zero-order valence-corrected chi connectivity index (χ0v) is 9.24. The summed E-state index contributed by atoms with van der Waals surface area (Å²) < 4.78 is 7.63. The summed E-state index contributed by atoms with van der Waals surface area (Å²) >= 11 is 0. The van der Waals surface area contributed by atoms with Crippen LogP contribution in [0.5, 0.6) is 11.6 Å². The average Bonchev–Trinajstić information content (AvgIpc) is 2.60. The lowest BCUT2D eigenvalue weighted by Crippen LogP contribution is -1.94. The van der Waals surface area contributed by atoms with E-state index in [1.165, 1.54) is 11.1 Å². The number of rotatable bonds is 2. The summed E-state index contributed by atoms with van der Waals surface area (Å²) in [6.45, 7) is 4.15. The maximum Gasteiger partial charge on any atom is 0.200 e. The van der Waals surface area contributed by atoms with Crippen LogP contribution < -0.4 is 4.74 Å². The van der Waals surface area contributed by atoms with Crippen LogP contribution >= 0.6 is 0 Å². The maximum absolute atomic E-state index is 5.79. The van der Waals surface area contributed by atoms with Crippen LogP contribution in [0.3, 0.4) is 0 Å². The zero-order valence-electron chi connectivity index (χ0n) is 9.24. The monoisotopic (exact) mass is 200 g/mol. The van der Waals surface area contributed by atoms with Crippen molar-refractivity contribution in [3.63, 3.8) is 0 Å². The SMILES string of the molecule is Cc1cccc(Oc2cc[c]n2C)c1C. The number of hydrogen-bond donors (Lipinski definition) is 0. The first-order chi connectivity index (χ1) is 7.18. The third-order valence-electron chi connectivity index (χ3n) is 2.59. The predicted octanol–water partition coefficient (Wildman–Crippen LogP) is 3.23. The molecule has 2 nitrogen and oxygen atoms in total. The summed E-state index contributed by atoms with van der Waals surface area (Å²) in [7, 11) is 1.92. The molecule has 1 aromatic heterocycles. The van der Waals surface area contributed by atoms with Crippen molar-refractivity contribution in [1.82, 2.24) is 4.57 Å². The van der Waals surface area contributed by atoms with E-state index in [0.717, 1.165) is 11.6 Å². The molecule has 0 aliphatic rings. The molecule has 0 amide bonds. The molecule has 0 bridgehead atoms. The minimum atomic E-state index is 0.809. The lowest BCUT2D eigenvalue weighted by Gasteiger charge is -2.10. The van der Waals surface area contributed by atoms with Crippen molar-refractivity contribution in [2.45, 2.75) is 13.8 Å². The van der Waals surface area contributed by atoms with Crippen LogP contribution in [0.2, 0.25) is 0 Å². The summed E-state index contributed by atoms with van der Waals surface area (Å²) in [5, 5.41) is 0. The fraction of sp³-hybridized carbons (Fsp3) is 0.231. The molecule has 0 saturated heterocycles. The molecule has 0 fully saturated rings. The molecule has 1 radical (unpaired) electrons. The second kappa shape index (κ2) is 3.81. The summed E-state index contributed by atoms with van der Waals surface area (Å²) in [5.74, 6) is 1.72. The molecule has 2 rings (SSSR count). The fourth-order valence-electron chi connectivity index (χ4n) is 1.45. The Hall–Kier alpha value is -1.70. The molecule has 2 aromatic rings. The number of aromatic nitrogens is 1. The molecule has 0 aliphatic carbocycles. The van der Waals surface area contributed by atoms with Crippen LogP contribution in [-0.4, -0.2) is 4.57 Å². The van der Waals surface area contributed by atoms with Crippen molar-refractivity contribution < 1.29 is 4.74 Å². The Morgan fingerprint density at radius 3 is 2.67 bits per heavy atom. The van der Waals surface area contributed by atoms with Gasteiger partial charge in [-0.1, -0.05) is 12.1 Å². The smallest absolute Gasteiger partial charge is 0.200 e. The van der Waals surface area contributed by atoms with Gasteiger partial charge >= 0.3 is 0 Å². The highest BCUT2D eigenvalue weighted by Gasteiger charge is 2.04. The van der Waals surface area contributed by atoms with E-state index in [-0.39, 0.29) is 0 Å². The van der Waals surface area contributed by atoms with E-state index in [4.69, 9.17) is 4.74 Å². The zero-order chi connectivity index (χ0) is 10.8. The van der Waals surface area contributed by atoms with E-state index < -0.39 is 0 Å². The molecular weight excluding hydrogens is 186 g/mol. The molecule has 0 unspecified atom stereocenters. The fourth-order valence-corrected chi connectivity index (χ4v) is 1.45. The van der Waals surface area contributed by atoms with Gasteiger partial charge in [0.1, 0.15) is 5.75 Å². The largest absolute Gasteiger partial charge is 0.441 e. The van der Waals surface area contributed by atoms with Gasteiger partial charge in [0.25, 0.3) is 0 Å². The first kappa shape index (κ1) is 9.84. The standard InChI is InChI=1S/C13H14NO/c1-10-6-4-7-12(11(10)2)15-13-8-5-9-14(13)3/h4-8H,1-3H3. The van der Waals surface area contributed by atoms with Gasteiger partial charge in [0.05, 0.1) is 6.20 Å². The van der Waals surface area contributed by atoms with Crippen molar-refractivity contribution in [2.24, 2.45) is 7.05 Å². The molecule has 77 valence electrons. The van der Waals surface area contributed by atoms with Gasteiger partial charge in [0.2, 0.25) is 0 Å². The van der Waals surface area contributed by atoms with E-state index in [0.29, 0.717) is 0 Å². The van der Waals surface area contributed by atoms with E-state index in [1.54, 1.807) is 0 Å². The molecule has 1 aromatic carbocycles. The lowest BCUT2D eigenvalue weighted by molar-refractivity contribution is 0.439. The number of ether oxygens (including phenoxy) is 1. The quantitative estimate of drug-likeness (QED) is 0.726. The topological polar surface area (TPSA) is 14.2 Å². The summed E-state index contributed by atoms with van der Waals surface area (Å²) in [5.41, 5.74) is 2.42. The first-order valence-corrected chi connectivity index (χ1v) is 4.96. The maximum atomic E-state index is 5.79. The molecule has 0 aliphatic heterocycles. The first-order valence-electron chi connectivity index (χ1n) is 4.96. The van der Waals surface area contributed by atoms with Gasteiger partial charge in [-0.3, -0.25) is 0 Å². The third kappa shape index (κ3) is 1.89. The second-order valence-electron chi connectivity index (χ2n) is 3.66. The Bertz CT molecular complexity index is 471. The molecule has 0 spiro atoms. The normalized spacial score (nSPS) is 10.3. The van der Waals surface area contributed by atoms with E-state index in [9.17, 15) is 0 Å². The van der Waals surface area contributed by atoms with Crippen molar-refractivity contribution in [3.05, 3.63) is 47.7 Å². The van der Waals surface area contributed by atoms with Crippen LogP contribution in [-0.2, 0) is 7.05 Å². The van der Waals surface area contributed by atoms with E-state index in [1.807, 2.05) is 35.9 Å². The van der Waals surface area contributed by atoms with Gasteiger partial charge in [0.15, 0.2) is 5.88 Å². The highest BCUT2D eigenvalue weighted by Crippen LogP contribution is 2.26. The average molecular weight is 200 g/mol. The summed E-state index contributed by atoms with van der Waals surface area (Å²) in [4.78, 5) is 0. The molecule has 0 N–H and O–H groups in total. The summed E-state index contributed by atoms with van der Waals surface area (Å²) in [6.07, 6.45) is 3.01. The van der Waals surface area contributed by atoms with Crippen molar-refractivity contribution in [1.29, 1.82) is 0 Å². The van der Waals surface area contributed by atoms with Gasteiger partial charge in [0, 0.05) is 13.1 Å². The minimum absolute atomic E-state index is 0.809. The van der Waals surface area contributed by atoms with Crippen LogP contribution in [0.15, 0.2) is 30.3 Å². The lowest BCUT2D eigenvalue weighted by atomic mass is 10.1. The second-order valence-corrected chi connectivity index (χ2v) is 3.66. The number of benzene rings is 1. The van der Waals surface area contributed by atoms with Gasteiger partial charge < -0.3 is 9.30 Å². The number of aryl methyl sites for hydroxylation is 2. The predicted molar refractivity (Wildman–Crippen MR) is 60.2 cm³/mol. The molecule has 15 heavy (non-hydrogen) atoms. The van der Waals surface area contributed by atoms with Crippen molar-refractivity contribution in [3.8, 4) is 11.6 Å². The molecular formula is C13H14NO. The van der Waals surface area contributed by atoms with Crippen LogP contribution in [0.1, 0.15) is 11.1 Å². The van der Waals surface area contributed by atoms with Gasteiger partial charge in [-0.05, 0) is 37.1 Å². The van der Waals surface area contributed by atoms with E-state index in [2.05, 4.69) is 26.1 Å². The van der Waals surface area contributed by atoms with Gasteiger partial charge in [-0.25, -0.2) is 0 Å². The molecule has 0 saturated carbocycles. The highest BCUT2D eigenvalue weighted by atomic mass is 16.5. The Kier molecular flexibility index (Phi) is 2.50. The van der Waals surface area contributed by atoms with Gasteiger partial charge in [-0.15, -0.1) is 0 Å². The Morgan fingerprint density at radius 2 is 2.00 bits per heavy atom. The highest BCUT2D eigenvalue weighted by molar-refractivity contribution is 5.40. The minimum Gasteiger partial charge on any atom is -0.441 e.